The maximum atomic E-state index is 12.6. The van der Waals surface area contributed by atoms with Crippen LogP contribution in [-0.2, 0) is 14.3 Å². The smallest absolute Gasteiger partial charge is 0.407 e. The lowest BCUT2D eigenvalue weighted by Crippen LogP contribution is -2.50. The Labute approximate surface area is 188 Å². The number of benzene rings is 2. The summed E-state index contributed by atoms with van der Waals surface area (Å²) in [5.74, 6) is -1.44. The Kier molecular flexibility index (Phi) is 7.87. The molecule has 0 spiro atoms. The van der Waals surface area contributed by atoms with Crippen LogP contribution in [0.5, 0.6) is 0 Å². The molecule has 2 aromatic carbocycles. The SMILES string of the molecule is CCC[C@@H](NC(=O)OCC1c2ccccc2-c2ccccc21)C(=O)N[C@@H](CC)CC(=O)O. The maximum absolute atomic E-state index is 12.6. The molecule has 2 amide bonds. The molecule has 0 aromatic heterocycles. The van der Waals surface area contributed by atoms with Crippen molar-refractivity contribution in [2.75, 3.05) is 6.61 Å². The van der Waals surface area contributed by atoms with Gasteiger partial charge in [-0.25, -0.2) is 4.79 Å². The summed E-state index contributed by atoms with van der Waals surface area (Å²) in [5, 5.41) is 14.4. The van der Waals surface area contributed by atoms with Crippen LogP contribution in [0.3, 0.4) is 0 Å². The number of aliphatic carboxylic acids is 1. The Morgan fingerprint density at radius 2 is 1.56 bits per heavy atom. The highest BCUT2D eigenvalue weighted by molar-refractivity contribution is 5.86. The van der Waals surface area contributed by atoms with Gasteiger partial charge < -0.3 is 20.5 Å². The van der Waals surface area contributed by atoms with Crippen LogP contribution in [0.1, 0.15) is 56.6 Å². The van der Waals surface area contributed by atoms with Crippen LogP contribution in [-0.4, -0.2) is 41.8 Å². The average Bonchev–Trinajstić information content (AvgIpc) is 3.10. The number of rotatable bonds is 10. The van der Waals surface area contributed by atoms with Gasteiger partial charge in [0.05, 0.1) is 6.42 Å². The second-order valence-corrected chi connectivity index (χ2v) is 8.02. The van der Waals surface area contributed by atoms with E-state index in [2.05, 4.69) is 22.8 Å². The maximum Gasteiger partial charge on any atom is 0.407 e. The molecule has 0 aliphatic heterocycles. The Bertz CT molecular complexity index is 929. The predicted molar refractivity (Wildman–Crippen MR) is 121 cm³/mol. The number of carbonyl (C=O) groups is 3. The van der Waals surface area contributed by atoms with Crippen LogP contribution < -0.4 is 10.6 Å². The molecular formula is C25H30N2O5. The summed E-state index contributed by atoms with van der Waals surface area (Å²) in [7, 11) is 0. The van der Waals surface area contributed by atoms with Crippen molar-refractivity contribution in [3.05, 3.63) is 59.7 Å². The van der Waals surface area contributed by atoms with Crippen molar-refractivity contribution in [2.45, 2.75) is 57.5 Å². The van der Waals surface area contributed by atoms with Crippen LogP contribution in [0.15, 0.2) is 48.5 Å². The first-order valence-electron chi connectivity index (χ1n) is 11.1. The highest BCUT2D eigenvalue weighted by Gasteiger charge is 2.30. The van der Waals surface area contributed by atoms with E-state index in [0.717, 1.165) is 22.3 Å². The van der Waals surface area contributed by atoms with Gasteiger partial charge in [-0.1, -0.05) is 68.8 Å². The molecule has 7 nitrogen and oxygen atoms in total. The van der Waals surface area contributed by atoms with Crippen molar-refractivity contribution in [3.8, 4) is 11.1 Å². The standard InChI is InChI=1S/C25H30N2O5/c1-3-9-22(24(30)26-16(4-2)14-23(28)29)27-25(31)32-15-21-19-12-7-5-10-17(19)18-11-6-8-13-20(18)21/h5-8,10-13,16,21-22H,3-4,9,14-15H2,1-2H3,(H,26,30)(H,27,31)(H,28,29)/t16-,22+/m0/s1. The monoisotopic (exact) mass is 438 g/mol. The van der Waals surface area contributed by atoms with Crippen molar-refractivity contribution in [1.82, 2.24) is 10.6 Å². The summed E-state index contributed by atoms with van der Waals surface area (Å²) >= 11 is 0. The Balaban J connectivity index is 1.62. The van der Waals surface area contributed by atoms with Gasteiger partial charge in [-0.2, -0.15) is 0 Å². The zero-order chi connectivity index (χ0) is 23.1. The number of hydrogen-bond acceptors (Lipinski definition) is 4. The molecule has 0 radical (unpaired) electrons. The number of carboxylic acid groups (broad SMARTS) is 1. The fourth-order valence-corrected chi connectivity index (χ4v) is 4.15. The second-order valence-electron chi connectivity index (χ2n) is 8.02. The first-order chi connectivity index (χ1) is 15.4. The van der Waals surface area contributed by atoms with E-state index in [9.17, 15) is 14.4 Å². The third-order valence-corrected chi connectivity index (χ3v) is 5.79. The van der Waals surface area contributed by atoms with Gasteiger partial charge in [-0.15, -0.1) is 0 Å². The molecule has 170 valence electrons. The minimum atomic E-state index is -0.978. The number of alkyl carbamates (subject to hydrolysis) is 1. The minimum absolute atomic E-state index is 0.0633. The minimum Gasteiger partial charge on any atom is -0.481 e. The lowest BCUT2D eigenvalue weighted by molar-refractivity contribution is -0.137. The summed E-state index contributed by atoms with van der Waals surface area (Å²) in [6.45, 7) is 3.88. The molecule has 0 saturated carbocycles. The largest absolute Gasteiger partial charge is 0.481 e. The van der Waals surface area contributed by atoms with Crippen molar-refractivity contribution in [3.63, 3.8) is 0 Å². The summed E-state index contributed by atoms with van der Waals surface area (Å²) < 4.78 is 5.54. The zero-order valence-electron chi connectivity index (χ0n) is 18.5. The number of nitrogens with one attached hydrogen (secondary N) is 2. The molecule has 0 saturated heterocycles. The summed E-state index contributed by atoms with van der Waals surface area (Å²) in [6, 6.07) is 14.9. The third-order valence-electron chi connectivity index (χ3n) is 5.79. The first-order valence-corrected chi connectivity index (χ1v) is 11.1. The zero-order valence-corrected chi connectivity index (χ0v) is 18.5. The van der Waals surface area contributed by atoms with Crippen LogP contribution in [0.25, 0.3) is 11.1 Å². The average molecular weight is 439 g/mol. The fourth-order valence-electron chi connectivity index (χ4n) is 4.15. The van der Waals surface area contributed by atoms with Crippen molar-refractivity contribution in [1.29, 1.82) is 0 Å². The quantitative estimate of drug-likeness (QED) is 0.519. The number of ether oxygens (including phenoxy) is 1. The number of amides is 2. The predicted octanol–water partition coefficient (Wildman–Crippen LogP) is 4.06. The van der Waals surface area contributed by atoms with Crippen LogP contribution in [0, 0.1) is 0 Å². The molecule has 0 fully saturated rings. The Hall–Kier alpha value is -3.35. The van der Waals surface area contributed by atoms with Gasteiger partial charge in [0.15, 0.2) is 0 Å². The van der Waals surface area contributed by atoms with E-state index >= 15 is 0 Å². The molecule has 0 unspecified atom stereocenters. The molecule has 7 heteroatoms. The Morgan fingerprint density at radius 1 is 0.969 bits per heavy atom. The van der Waals surface area contributed by atoms with Gasteiger partial charge in [-0.05, 0) is 35.1 Å². The number of carbonyl (C=O) groups excluding carboxylic acids is 2. The van der Waals surface area contributed by atoms with Crippen LogP contribution in [0.2, 0.25) is 0 Å². The van der Waals surface area contributed by atoms with Crippen molar-refractivity contribution in [2.24, 2.45) is 0 Å². The normalized spacial score (nSPS) is 14.1. The van der Waals surface area contributed by atoms with E-state index in [0.29, 0.717) is 19.3 Å². The molecular weight excluding hydrogens is 408 g/mol. The highest BCUT2D eigenvalue weighted by Crippen LogP contribution is 2.44. The van der Waals surface area contributed by atoms with Gasteiger partial charge in [0.25, 0.3) is 0 Å². The number of carboxylic acids is 1. The lowest BCUT2D eigenvalue weighted by atomic mass is 9.98. The van der Waals surface area contributed by atoms with Gasteiger partial charge >= 0.3 is 12.1 Å². The second kappa shape index (κ2) is 10.8. The van der Waals surface area contributed by atoms with Crippen LogP contribution >= 0.6 is 0 Å². The molecule has 0 heterocycles. The molecule has 3 rings (SSSR count). The highest BCUT2D eigenvalue weighted by atomic mass is 16.5. The summed E-state index contributed by atoms with van der Waals surface area (Å²) in [6.07, 6.45) is 0.775. The third kappa shape index (κ3) is 5.46. The fraction of sp³-hybridized carbons (Fsp3) is 0.400. The first kappa shape index (κ1) is 23.3. The number of hydrogen-bond donors (Lipinski definition) is 3. The van der Waals surface area contributed by atoms with Gasteiger partial charge in [-0.3, -0.25) is 9.59 Å². The molecule has 1 aliphatic carbocycles. The molecule has 2 atom stereocenters. The summed E-state index contributed by atoms with van der Waals surface area (Å²) in [5.41, 5.74) is 4.52. The van der Waals surface area contributed by atoms with E-state index in [1.54, 1.807) is 0 Å². The van der Waals surface area contributed by atoms with E-state index in [4.69, 9.17) is 9.84 Å². The summed E-state index contributed by atoms with van der Waals surface area (Å²) in [4.78, 5) is 36.1. The van der Waals surface area contributed by atoms with Gasteiger partial charge in [0.2, 0.25) is 5.91 Å². The van der Waals surface area contributed by atoms with Gasteiger partial charge in [0.1, 0.15) is 12.6 Å². The Morgan fingerprint density at radius 3 is 2.09 bits per heavy atom. The lowest BCUT2D eigenvalue weighted by Gasteiger charge is -2.22. The topological polar surface area (TPSA) is 105 Å². The number of fused-ring (bicyclic) bond motifs is 3. The van der Waals surface area contributed by atoms with Crippen LogP contribution in [0.4, 0.5) is 4.79 Å². The van der Waals surface area contributed by atoms with E-state index < -0.39 is 30.1 Å². The molecule has 0 bridgehead atoms. The molecule has 1 aliphatic rings. The molecule has 32 heavy (non-hydrogen) atoms. The van der Waals surface area contributed by atoms with Crippen molar-refractivity contribution >= 4 is 18.0 Å². The van der Waals surface area contributed by atoms with E-state index in [-0.39, 0.29) is 18.9 Å². The molecule has 2 aromatic rings. The van der Waals surface area contributed by atoms with Crippen molar-refractivity contribution < 1.29 is 24.2 Å². The van der Waals surface area contributed by atoms with Gasteiger partial charge in [0, 0.05) is 12.0 Å². The van der Waals surface area contributed by atoms with E-state index in [1.165, 1.54) is 0 Å². The molecule has 3 N–H and O–H groups in total. The van der Waals surface area contributed by atoms with E-state index in [1.807, 2.05) is 50.2 Å².